The normalized spacial score (nSPS) is 11.7. The molecule has 19 heavy (non-hydrogen) atoms. The average molecular weight is 265 g/mol. The van der Waals surface area contributed by atoms with E-state index in [0.717, 1.165) is 0 Å². The number of nitrogens with one attached hydrogen (secondary N) is 1. The van der Waals surface area contributed by atoms with Crippen LogP contribution in [0.1, 0.15) is 30.1 Å². The summed E-state index contributed by atoms with van der Waals surface area (Å²) in [7, 11) is 3.35. The van der Waals surface area contributed by atoms with Crippen LogP contribution in [0.3, 0.4) is 0 Å². The van der Waals surface area contributed by atoms with Gasteiger partial charge in [-0.3, -0.25) is 9.59 Å². The Morgan fingerprint density at radius 1 is 1.42 bits per heavy atom. The van der Waals surface area contributed by atoms with Crippen molar-refractivity contribution in [2.45, 2.75) is 25.8 Å². The average Bonchev–Trinajstić information content (AvgIpc) is 2.37. The Morgan fingerprint density at radius 2 is 2.11 bits per heavy atom. The van der Waals surface area contributed by atoms with Crippen LogP contribution in [0.4, 0.5) is 5.82 Å². The lowest BCUT2D eigenvalue weighted by Crippen LogP contribution is -2.24. The molecular weight excluding hydrogens is 246 g/mol. The summed E-state index contributed by atoms with van der Waals surface area (Å²) >= 11 is 0. The van der Waals surface area contributed by atoms with E-state index in [2.05, 4.69) is 10.3 Å². The van der Waals surface area contributed by atoms with Gasteiger partial charge in [0.2, 0.25) is 0 Å². The quantitative estimate of drug-likeness (QED) is 0.813. The van der Waals surface area contributed by atoms with Crippen molar-refractivity contribution < 1.29 is 14.7 Å². The summed E-state index contributed by atoms with van der Waals surface area (Å²) in [5.41, 5.74) is 0.502. The summed E-state index contributed by atoms with van der Waals surface area (Å²) in [4.78, 5) is 27.9. The highest BCUT2D eigenvalue weighted by atomic mass is 16.4. The summed E-state index contributed by atoms with van der Waals surface area (Å²) in [5.74, 6) is -0.390. The number of rotatable bonds is 6. The highest BCUT2D eigenvalue weighted by molar-refractivity contribution is 5.93. The first kappa shape index (κ1) is 14.9. The van der Waals surface area contributed by atoms with Crippen molar-refractivity contribution in [2.75, 3.05) is 19.4 Å². The molecule has 0 spiro atoms. The molecule has 0 radical (unpaired) electrons. The molecule has 1 aromatic rings. The molecule has 0 aliphatic rings. The third-order valence-corrected chi connectivity index (χ3v) is 2.68. The van der Waals surface area contributed by atoms with Crippen molar-refractivity contribution in [1.82, 2.24) is 9.88 Å². The second-order valence-electron chi connectivity index (χ2n) is 4.48. The van der Waals surface area contributed by atoms with E-state index < -0.39 is 5.97 Å². The fourth-order valence-corrected chi connectivity index (χ4v) is 1.58. The van der Waals surface area contributed by atoms with E-state index in [4.69, 9.17) is 5.11 Å². The van der Waals surface area contributed by atoms with Crippen molar-refractivity contribution in [3.63, 3.8) is 0 Å². The van der Waals surface area contributed by atoms with Crippen molar-refractivity contribution in [1.29, 1.82) is 0 Å². The van der Waals surface area contributed by atoms with Crippen molar-refractivity contribution in [2.24, 2.45) is 0 Å². The van der Waals surface area contributed by atoms with Gasteiger partial charge in [-0.25, -0.2) is 4.98 Å². The molecule has 104 valence electrons. The van der Waals surface area contributed by atoms with Crippen molar-refractivity contribution in [3.05, 3.63) is 23.9 Å². The van der Waals surface area contributed by atoms with Crippen LogP contribution < -0.4 is 5.32 Å². The lowest BCUT2D eigenvalue weighted by atomic mass is 10.1. The molecule has 0 saturated carbocycles. The lowest BCUT2D eigenvalue weighted by molar-refractivity contribution is -0.137. The van der Waals surface area contributed by atoms with Crippen LogP contribution in [-0.2, 0) is 4.79 Å². The molecule has 1 rings (SSSR count). The number of aliphatic carboxylic acids is 1. The summed E-state index contributed by atoms with van der Waals surface area (Å²) in [6, 6.07) is 3.19. The number of carboxylic acids is 1. The summed E-state index contributed by atoms with van der Waals surface area (Å²) in [5, 5.41) is 11.8. The SMILES string of the molecule is CCC(CC(=O)O)Nc1ccc(C(=O)N(C)C)cn1. The number of carboxylic acid groups (broad SMARTS) is 1. The molecule has 6 heteroatoms. The van der Waals surface area contributed by atoms with Crippen LogP contribution in [0.2, 0.25) is 0 Å². The zero-order valence-corrected chi connectivity index (χ0v) is 11.4. The number of carbonyl (C=O) groups excluding carboxylic acids is 1. The Labute approximate surface area is 112 Å². The Hall–Kier alpha value is -2.11. The number of pyridine rings is 1. The van der Waals surface area contributed by atoms with Crippen LogP contribution in [0.25, 0.3) is 0 Å². The highest BCUT2D eigenvalue weighted by Crippen LogP contribution is 2.11. The molecular formula is C13H19N3O3. The third-order valence-electron chi connectivity index (χ3n) is 2.68. The van der Waals surface area contributed by atoms with E-state index in [1.165, 1.54) is 11.1 Å². The first-order chi connectivity index (χ1) is 8.93. The van der Waals surface area contributed by atoms with Gasteiger partial charge in [-0.1, -0.05) is 6.92 Å². The minimum absolute atomic E-state index is 0.0383. The van der Waals surface area contributed by atoms with E-state index in [1.807, 2.05) is 6.92 Å². The van der Waals surface area contributed by atoms with E-state index >= 15 is 0 Å². The topological polar surface area (TPSA) is 82.5 Å². The number of hydrogen-bond donors (Lipinski definition) is 2. The number of carbonyl (C=O) groups is 2. The summed E-state index contributed by atoms with van der Waals surface area (Å²) in [6.07, 6.45) is 2.21. The monoisotopic (exact) mass is 265 g/mol. The molecule has 1 aromatic heterocycles. The van der Waals surface area contributed by atoms with Crippen molar-refractivity contribution in [3.8, 4) is 0 Å². The van der Waals surface area contributed by atoms with E-state index in [9.17, 15) is 9.59 Å². The Balaban J connectivity index is 2.70. The smallest absolute Gasteiger partial charge is 0.305 e. The highest BCUT2D eigenvalue weighted by Gasteiger charge is 2.12. The van der Waals surface area contributed by atoms with Gasteiger partial charge >= 0.3 is 5.97 Å². The fraction of sp³-hybridized carbons (Fsp3) is 0.462. The van der Waals surface area contributed by atoms with Crippen LogP contribution in [0.5, 0.6) is 0 Å². The Bertz CT molecular complexity index is 443. The van der Waals surface area contributed by atoms with Gasteiger partial charge in [0.05, 0.1) is 12.0 Å². The number of amides is 1. The first-order valence-electron chi connectivity index (χ1n) is 6.10. The van der Waals surface area contributed by atoms with Crippen LogP contribution in [0.15, 0.2) is 18.3 Å². The number of nitrogens with zero attached hydrogens (tertiary/aromatic N) is 2. The summed E-state index contributed by atoms with van der Waals surface area (Å²) < 4.78 is 0. The molecule has 0 aliphatic carbocycles. The maximum Gasteiger partial charge on any atom is 0.305 e. The molecule has 0 bridgehead atoms. The maximum atomic E-state index is 11.7. The van der Waals surface area contributed by atoms with Crippen molar-refractivity contribution >= 4 is 17.7 Å². The first-order valence-corrected chi connectivity index (χ1v) is 6.10. The van der Waals surface area contributed by atoms with Crippen LogP contribution in [-0.4, -0.2) is 47.0 Å². The minimum Gasteiger partial charge on any atom is -0.481 e. The van der Waals surface area contributed by atoms with Gasteiger partial charge < -0.3 is 15.3 Å². The molecule has 0 fully saturated rings. The lowest BCUT2D eigenvalue weighted by Gasteiger charge is -2.16. The fourth-order valence-electron chi connectivity index (χ4n) is 1.58. The number of aromatic nitrogens is 1. The second-order valence-corrected chi connectivity index (χ2v) is 4.48. The third kappa shape index (κ3) is 4.57. The number of hydrogen-bond acceptors (Lipinski definition) is 4. The largest absolute Gasteiger partial charge is 0.481 e. The zero-order chi connectivity index (χ0) is 14.4. The minimum atomic E-state index is -0.848. The van der Waals surface area contributed by atoms with Gasteiger partial charge in [0, 0.05) is 26.3 Å². The van der Waals surface area contributed by atoms with E-state index in [1.54, 1.807) is 26.2 Å². The predicted molar refractivity (Wildman–Crippen MR) is 72.2 cm³/mol. The van der Waals surface area contributed by atoms with Gasteiger partial charge in [0.25, 0.3) is 5.91 Å². The molecule has 0 aliphatic heterocycles. The standard InChI is InChI=1S/C13H19N3O3/c1-4-10(7-12(17)18)15-11-6-5-9(8-14-11)13(19)16(2)3/h5-6,8,10H,4,7H2,1-3H3,(H,14,15)(H,17,18). The van der Waals surface area contributed by atoms with Gasteiger partial charge in [0.15, 0.2) is 0 Å². The van der Waals surface area contributed by atoms with E-state index in [-0.39, 0.29) is 18.4 Å². The zero-order valence-electron chi connectivity index (χ0n) is 11.4. The maximum absolute atomic E-state index is 11.7. The second kappa shape index (κ2) is 6.72. The summed E-state index contributed by atoms with van der Waals surface area (Å²) in [6.45, 7) is 1.91. The molecule has 0 saturated heterocycles. The molecule has 1 unspecified atom stereocenters. The molecule has 1 amide bonds. The van der Waals surface area contributed by atoms with Crippen LogP contribution >= 0.6 is 0 Å². The van der Waals surface area contributed by atoms with Gasteiger partial charge in [-0.05, 0) is 18.6 Å². The van der Waals surface area contributed by atoms with E-state index in [0.29, 0.717) is 17.8 Å². The molecule has 6 nitrogen and oxygen atoms in total. The molecule has 2 N–H and O–H groups in total. The van der Waals surface area contributed by atoms with Crippen LogP contribution in [0, 0.1) is 0 Å². The Kier molecular flexibility index (Phi) is 5.29. The van der Waals surface area contributed by atoms with Gasteiger partial charge in [-0.2, -0.15) is 0 Å². The molecule has 1 atom stereocenters. The predicted octanol–water partition coefficient (Wildman–Crippen LogP) is 1.45. The Morgan fingerprint density at radius 3 is 2.53 bits per heavy atom. The molecule has 1 heterocycles. The molecule has 0 aromatic carbocycles. The number of anilines is 1. The van der Waals surface area contributed by atoms with Gasteiger partial charge in [-0.15, -0.1) is 0 Å². The van der Waals surface area contributed by atoms with Gasteiger partial charge in [0.1, 0.15) is 5.82 Å².